The maximum Gasteiger partial charge on any atom is 0.0869 e. The van der Waals surface area contributed by atoms with E-state index in [1.165, 1.54) is 0 Å². The standard InChI is InChI=1S/C7H15O2P/c1-4-6(8)7(9)5(2)10(4)3/h4-9H,1-3H3/t4-,5-,6+,7+/m1/s1. The van der Waals surface area contributed by atoms with Crippen LogP contribution in [-0.4, -0.2) is 40.4 Å². The summed E-state index contributed by atoms with van der Waals surface area (Å²) in [5.74, 6) is 0. The van der Waals surface area contributed by atoms with Crippen LogP contribution in [0.4, 0.5) is 0 Å². The summed E-state index contributed by atoms with van der Waals surface area (Å²) in [6, 6.07) is 0. The van der Waals surface area contributed by atoms with Crippen LogP contribution >= 0.6 is 7.92 Å². The van der Waals surface area contributed by atoms with E-state index in [4.69, 9.17) is 0 Å². The fourth-order valence-electron chi connectivity index (χ4n) is 1.42. The minimum absolute atomic E-state index is 0.166. The monoisotopic (exact) mass is 162 g/mol. The van der Waals surface area contributed by atoms with Crippen LogP contribution in [0.5, 0.6) is 0 Å². The summed E-state index contributed by atoms with van der Waals surface area (Å²) in [5.41, 5.74) is 0.611. The van der Waals surface area contributed by atoms with Crippen molar-refractivity contribution in [2.24, 2.45) is 0 Å². The first-order valence-electron chi connectivity index (χ1n) is 3.63. The Kier molecular flexibility index (Phi) is 2.34. The molecule has 4 atom stereocenters. The highest BCUT2D eigenvalue weighted by atomic mass is 31.1. The molecule has 0 bridgehead atoms. The predicted molar refractivity (Wildman–Crippen MR) is 43.8 cm³/mol. The lowest BCUT2D eigenvalue weighted by atomic mass is 10.1. The molecule has 2 N–H and O–H groups in total. The lowest BCUT2D eigenvalue weighted by molar-refractivity contribution is 0.0327. The number of hydrogen-bond acceptors (Lipinski definition) is 2. The van der Waals surface area contributed by atoms with E-state index < -0.39 is 12.2 Å². The van der Waals surface area contributed by atoms with Crippen molar-refractivity contribution in [3.05, 3.63) is 0 Å². The van der Waals surface area contributed by atoms with Gasteiger partial charge in [-0.1, -0.05) is 21.8 Å². The van der Waals surface area contributed by atoms with Crippen LogP contribution in [0.15, 0.2) is 0 Å². The molecule has 2 nitrogen and oxygen atoms in total. The number of rotatable bonds is 0. The van der Waals surface area contributed by atoms with E-state index in [0.29, 0.717) is 11.3 Å². The maximum absolute atomic E-state index is 9.37. The Morgan fingerprint density at radius 1 is 1.00 bits per heavy atom. The smallest absolute Gasteiger partial charge is 0.0869 e. The van der Waals surface area contributed by atoms with Gasteiger partial charge in [0.1, 0.15) is 0 Å². The average molecular weight is 162 g/mol. The van der Waals surface area contributed by atoms with E-state index in [0.717, 1.165) is 0 Å². The van der Waals surface area contributed by atoms with E-state index >= 15 is 0 Å². The van der Waals surface area contributed by atoms with Gasteiger partial charge in [-0.15, -0.1) is 0 Å². The van der Waals surface area contributed by atoms with Crippen molar-refractivity contribution < 1.29 is 10.2 Å². The first-order chi connectivity index (χ1) is 4.55. The third-order valence-corrected chi connectivity index (χ3v) is 5.80. The maximum atomic E-state index is 9.37. The molecule has 1 saturated heterocycles. The lowest BCUT2D eigenvalue weighted by Crippen LogP contribution is -2.30. The Morgan fingerprint density at radius 3 is 1.40 bits per heavy atom. The van der Waals surface area contributed by atoms with E-state index in [9.17, 15) is 10.2 Å². The first-order valence-corrected chi connectivity index (χ1v) is 5.56. The zero-order chi connectivity index (χ0) is 7.89. The van der Waals surface area contributed by atoms with E-state index in [1.807, 2.05) is 13.8 Å². The minimum atomic E-state index is -0.480. The molecule has 0 aromatic carbocycles. The third-order valence-electron chi connectivity index (χ3n) is 2.62. The molecule has 1 aliphatic heterocycles. The SMILES string of the molecule is C[C@@H]1[C@H](O)[C@@H](O)[C@@H](C)P1C. The molecule has 3 heteroatoms. The molecule has 10 heavy (non-hydrogen) atoms. The molecule has 1 fully saturated rings. The zero-order valence-corrected chi connectivity index (χ0v) is 7.55. The van der Waals surface area contributed by atoms with Gasteiger partial charge >= 0.3 is 0 Å². The third kappa shape index (κ3) is 1.09. The summed E-state index contributed by atoms with van der Waals surface area (Å²) in [6.45, 7) is 6.18. The van der Waals surface area contributed by atoms with Crippen LogP contribution in [0, 0.1) is 0 Å². The number of hydrogen-bond donors (Lipinski definition) is 2. The van der Waals surface area contributed by atoms with Crippen LogP contribution in [0.25, 0.3) is 0 Å². The molecular weight excluding hydrogens is 147 g/mol. The topological polar surface area (TPSA) is 40.5 Å². The van der Waals surface area contributed by atoms with Gasteiger partial charge in [0.05, 0.1) is 12.2 Å². The molecule has 0 aliphatic carbocycles. The molecule has 0 amide bonds. The molecular formula is C7H15O2P. The van der Waals surface area contributed by atoms with Gasteiger partial charge in [-0.25, -0.2) is 0 Å². The van der Waals surface area contributed by atoms with Gasteiger partial charge < -0.3 is 10.2 Å². The largest absolute Gasteiger partial charge is 0.390 e. The minimum Gasteiger partial charge on any atom is -0.390 e. The molecule has 1 aliphatic rings. The summed E-state index contributed by atoms with van der Waals surface area (Å²) in [5, 5.41) is 18.7. The van der Waals surface area contributed by atoms with Gasteiger partial charge in [-0.2, -0.15) is 0 Å². The molecule has 1 rings (SSSR count). The van der Waals surface area contributed by atoms with E-state index in [-0.39, 0.29) is 7.92 Å². The highest BCUT2D eigenvalue weighted by Gasteiger charge is 2.41. The van der Waals surface area contributed by atoms with Gasteiger partial charge in [0, 0.05) is 11.3 Å². The quantitative estimate of drug-likeness (QED) is 0.512. The summed E-state index contributed by atoms with van der Waals surface area (Å²) >= 11 is 0. The molecule has 0 aromatic heterocycles. The Balaban J connectivity index is 2.68. The van der Waals surface area contributed by atoms with Crippen molar-refractivity contribution >= 4 is 7.92 Å². The second kappa shape index (κ2) is 2.77. The highest BCUT2D eigenvalue weighted by Crippen LogP contribution is 2.52. The lowest BCUT2D eigenvalue weighted by Gasteiger charge is -2.13. The second-order valence-electron chi connectivity index (χ2n) is 3.13. The summed E-state index contributed by atoms with van der Waals surface area (Å²) < 4.78 is 0. The van der Waals surface area contributed by atoms with Gasteiger partial charge in [0.15, 0.2) is 0 Å². The Morgan fingerprint density at radius 2 is 1.30 bits per heavy atom. The molecule has 0 aromatic rings. The molecule has 60 valence electrons. The van der Waals surface area contributed by atoms with Gasteiger partial charge in [-0.3, -0.25) is 0 Å². The van der Waals surface area contributed by atoms with Crippen molar-refractivity contribution in [2.75, 3.05) is 6.66 Å². The summed E-state index contributed by atoms with van der Waals surface area (Å²) in [7, 11) is -0.166. The van der Waals surface area contributed by atoms with Crippen molar-refractivity contribution in [2.45, 2.75) is 37.4 Å². The summed E-state index contributed by atoms with van der Waals surface area (Å²) in [6.07, 6.45) is -0.961. The normalized spacial score (nSPS) is 55.5. The summed E-state index contributed by atoms with van der Waals surface area (Å²) in [4.78, 5) is 0. The molecule has 1 heterocycles. The second-order valence-corrected chi connectivity index (χ2v) is 6.09. The van der Waals surface area contributed by atoms with Gasteiger partial charge in [-0.05, 0) is 6.66 Å². The first kappa shape index (κ1) is 8.45. The van der Waals surface area contributed by atoms with Crippen molar-refractivity contribution in [1.29, 1.82) is 0 Å². The predicted octanol–water partition coefficient (Wildman–Crippen LogP) is 0.611. The average Bonchev–Trinajstić information content (AvgIpc) is 2.07. The fraction of sp³-hybridized carbons (Fsp3) is 1.00. The van der Waals surface area contributed by atoms with Crippen LogP contribution in [0.3, 0.4) is 0 Å². The zero-order valence-electron chi connectivity index (χ0n) is 6.65. The van der Waals surface area contributed by atoms with Crippen LogP contribution in [0.1, 0.15) is 13.8 Å². The van der Waals surface area contributed by atoms with Crippen molar-refractivity contribution in [3.8, 4) is 0 Å². The van der Waals surface area contributed by atoms with Crippen molar-refractivity contribution in [3.63, 3.8) is 0 Å². The van der Waals surface area contributed by atoms with Crippen molar-refractivity contribution in [1.82, 2.24) is 0 Å². The molecule has 0 radical (unpaired) electrons. The number of aliphatic hydroxyl groups excluding tert-OH is 2. The van der Waals surface area contributed by atoms with E-state index in [2.05, 4.69) is 6.66 Å². The van der Waals surface area contributed by atoms with Crippen LogP contribution in [0.2, 0.25) is 0 Å². The fourth-order valence-corrected chi connectivity index (χ4v) is 3.48. The van der Waals surface area contributed by atoms with E-state index in [1.54, 1.807) is 0 Å². The Bertz CT molecular complexity index is 83.9. The van der Waals surface area contributed by atoms with Crippen LogP contribution in [-0.2, 0) is 0 Å². The Labute approximate surface area is 63.0 Å². The molecule has 0 spiro atoms. The highest BCUT2D eigenvalue weighted by molar-refractivity contribution is 7.58. The number of aliphatic hydroxyl groups is 2. The van der Waals surface area contributed by atoms with Gasteiger partial charge in [0.2, 0.25) is 0 Å². The van der Waals surface area contributed by atoms with Crippen LogP contribution < -0.4 is 0 Å². The molecule has 0 unspecified atom stereocenters. The molecule has 0 saturated carbocycles. The Hall–Kier alpha value is 0.350. The van der Waals surface area contributed by atoms with Gasteiger partial charge in [0.25, 0.3) is 0 Å².